The molecule has 0 aliphatic rings. The van der Waals surface area contributed by atoms with Crippen molar-refractivity contribution in [2.75, 3.05) is 0 Å². The van der Waals surface area contributed by atoms with Crippen molar-refractivity contribution in [2.24, 2.45) is 0 Å². The molecule has 6 nitrogen and oxygen atoms in total. The summed E-state index contributed by atoms with van der Waals surface area (Å²) >= 11 is 1.51. The number of aromatic nitrogens is 3. The van der Waals surface area contributed by atoms with E-state index in [1.54, 1.807) is 20.0 Å². The lowest BCUT2D eigenvalue weighted by Gasteiger charge is -2.05. The maximum atomic E-state index is 12.4. The molecule has 3 rings (SSSR count). The Morgan fingerprint density at radius 2 is 1.96 bits per heavy atom. The molecule has 0 bridgehead atoms. The molecule has 0 amide bonds. The van der Waals surface area contributed by atoms with Crippen molar-refractivity contribution < 1.29 is 8.42 Å². The minimum atomic E-state index is -3.60. The average Bonchev–Trinajstić information content (AvgIpc) is 3.13. The number of hydrogen-bond donors (Lipinski definition) is 2. The predicted octanol–water partition coefficient (Wildman–Crippen LogP) is 2.55. The Morgan fingerprint density at radius 1 is 1.21 bits per heavy atom. The van der Waals surface area contributed by atoms with E-state index in [0.717, 1.165) is 16.3 Å². The summed E-state index contributed by atoms with van der Waals surface area (Å²) < 4.78 is 27.4. The number of H-pyrrole nitrogens is 1. The zero-order valence-electron chi connectivity index (χ0n) is 13.4. The third-order valence-corrected chi connectivity index (χ3v) is 6.23. The van der Waals surface area contributed by atoms with Gasteiger partial charge in [-0.2, -0.15) is 5.10 Å². The van der Waals surface area contributed by atoms with Crippen LogP contribution in [0.25, 0.3) is 0 Å². The molecule has 1 aromatic carbocycles. The van der Waals surface area contributed by atoms with Gasteiger partial charge in [-0.25, -0.2) is 18.1 Å². The van der Waals surface area contributed by atoms with Crippen LogP contribution in [0.3, 0.4) is 0 Å². The van der Waals surface area contributed by atoms with E-state index in [1.165, 1.54) is 16.9 Å². The van der Waals surface area contributed by atoms with Crippen LogP contribution < -0.4 is 4.72 Å². The molecule has 0 fully saturated rings. The lowest BCUT2D eigenvalue weighted by atomic mass is 10.1. The van der Waals surface area contributed by atoms with Crippen LogP contribution in [0.4, 0.5) is 0 Å². The van der Waals surface area contributed by atoms with Gasteiger partial charge in [0.2, 0.25) is 10.0 Å². The molecule has 2 N–H and O–H groups in total. The molecule has 0 saturated heterocycles. The standard InChI is InChI=1S/C16H18N4O2S2/c1-11-16(12(2)20-19-11)24(21,22)18-10-15-17-9-14(23-15)8-13-6-4-3-5-7-13/h3-7,9,18H,8,10H2,1-2H3,(H,19,20). The molecular weight excluding hydrogens is 344 g/mol. The number of benzene rings is 1. The first-order chi connectivity index (χ1) is 11.5. The highest BCUT2D eigenvalue weighted by Crippen LogP contribution is 2.19. The molecule has 2 heterocycles. The number of nitrogens with zero attached hydrogens (tertiary/aromatic N) is 2. The van der Waals surface area contributed by atoms with Crippen molar-refractivity contribution in [3.63, 3.8) is 0 Å². The maximum absolute atomic E-state index is 12.4. The molecule has 0 atom stereocenters. The normalized spacial score (nSPS) is 11.8. The van der Waals surface area contributed by atoms with Crippen LogP contribution in [-0.2, 0) is 23.0 Å². The Balaban J connectivity index is 1.67. The van der Waals surface area contributed by atoms with Crippen molar-refractivity contribution in [3.8, 4) is 0 Å². The van der Waals surface area contributed by atoms with E-state index in [1.807, 2.05) is 18.2 Å². The van der Waals surface area contributed by atoms with E-state index >= 15 is 0 Å². The second kappa shape index (κ2) is 6.84. The lowest BCUT2D eigenvalue weighted by molar-refractivity contribution is 0.580. The Hall–Kier alpha value is -2.03. The van der Waals surface area contributed by atoms with Crippen LogP contribution in [0.2, 0.25) is 0 Å². The van der Waals surface area contributed by atoms with Crippen LogP contribution in [0.1, 0.15) is 26.8 Å². The minimum absolute atomic E-state index is 0.172. The molecule has 0 spiro atoms. The SMILES string of the molecule is Cc1n[nH]c(C)c1S(=O)(=O)NCc1ncc(Cc2ccccc2)s1. The number of aryl methyl sites for hydroxylation is 2. The van der Waals surface area contributed by atoms with Gasteiger partial charge in [0.05, 0.1) is 17.9 Å². The fourth-order valence-electron chi connectivity index (χ4n) is 2.47. The largest absolute Gasteiger partial charge is 0.281 e. The zero-order valence-corrected chi connectivity index (χ0v) is 15.0. The number of thiazole rings is 1. The van der Waals surface area contributed by atoms with Crippen LogP contribution >= 0.6 is 11.3 Å². The van der Waals surface area contributed by atoms with Crippen molar-refractivity contribution in [2.45, 2.75) is 31.7 Å². The van der Waals surface area contributed by atoms with Crippen molar-refractivity contribution in [1.82, 2.24) is 19.9 Å². The van der Waals surface area contributed by atoms with Gasteiger partial charge in [-0.3, -0.25) is 5.10 Å². The van der Waals surface area contributed by atoms with Gasteiger partial charge < -0.3 is 0 Å². The first-order valence-electron chi connectivity index (χ1n) is 7.44. The van der Waals surface area contributed by atoms with E-state index in [2.05, 4.69) is 32.0 Å². The first kappa shape index (κ1) is 16.8. The van der Waals surface area contributed by atoms with E-state index < -0.39 is 10.0 Å². The second-order valence-corrected chi connectivity index (χ2v) is 8.37. The minimum Gasteiger partial charge on any atom is -0.281 e. The highest BCUT2D eigenvalue weighted by Gasteiger charge is 2.22. The van der Waals surface area contributed by atoms with Gasteiger partial charge in [0, 0.05) is 17.5 Å². The summed E-state index contributed by atoms with van der Waals surface area (Å²) in [4.78, 5) is 5.62. The average molecular weight is 362 g/mol. The Kier molecular flexibility index (Phi) is 4.79. The van der Waals surface area contributed by atoms with Crippen LogP contribution in [-0.4, -0.2) is 23.6 Å². The molecule has 3 aromatic rings. The van der Waals surface area contributed by atoms with Gasteiger partial charge in [0.25, 0.3) is 0 Å². The lowest BCUT2D eigenvalue weighted by Crippen LogP contribution is -2.24. The summed E-state index contributed by atoms with van der Waals surface area (Å²) in [7, 11) is -3.60. The summed E-state index contributed by atoms with van der Waals surface area (Å²) in [6.07, 6.45) is 2.60. The van der Waals surface area contributed by atoms with Gasteiger partial charge >= 0.3 is 0 Å². The van der Waals surface area contributed by atoms with Gasteiger partial charge in [0.15, 0.2) is 0 Å². The van der Waals surface area contributed by atoms with E-state index in [9.17, 15) is 8.42 Å². The maximum Gasteiger partial charge on any atom is 0.244 e. The number of rotatable bonds is 6. The number of hydrogen-bond acceptors (Lipinski definition) is 5. The molecule has 0 aliphatic carbocycles. The topological polar surface area (TPSA) is 87.7 Å². The Labute approximate surface area is 145 Å². The summed E-state index contributed by atoms with van der Waals surface area (Å²) in [6, 6.07) is 10.1. The van der Waals surface area contributed by atoms with Gasteiger partial charge in [-0.15, -0.1) is 11.3 Å². The number of nitrogens with one attached hydrogen (secondary N) is 2. The van der Waals surface area contributed by atoms with Crippen molar-refractivity contribution >= 4 is 21.4 Å². The Bertz CT molecular complexity index is 911. The van der Waals surface area contributed by atoms with Gasteiger partial charge in [-0.05, 0) is 19.4 Å². The summed E-state index contributed by atoms with van der Waals surface area (Å²) in [5.41, 5.74) is 2.20. The third-order valence-electron chi connectivity index (χ3n) is 3.57. The third kappa shape index (κ3) is 3.72. The van der Waals surface area contributed by atoms with Gasteiger partial charge in [0.1, 0.15) is 9.90 Å². The van der Waals surface area contributed by atoms with Crippen LogP contribution in [0.15, 0.2) is 41.4 Å². The fourth-order valence-corrected chi connectivity index (χ4v) is 4.82. The monoisotopic (exact) mass is 362 g/mol. The zero-order chi connectivity index (χ0) is 17.2. The molecule has 0 radical (unpaired) electrons. The fraction of sp³-hybridized carbons (Fsp3) is 0.250. The summed E-state index contributed by atoms with van der Waals surface area (Å²) in [6.45, 7) is 3.53. The van der Waals surface area contributed by atoms with Crippen LogP contribution in [0.5, 0.6) is 0 Å². The van der Waals surface area contributed by atoms with Crippen LogP contribution in [0, 0.1) is 13.8 Å². The molecule has 2 aromatic heterocycles. The highest BCUT2D eigenvalue weighted by atomic mass is 32.2. The van der Waals surface area contributed by atoms with E-state index in [-0.39, 0.29) is 11.4 Å². The highest BCUT2D eigenvalue weighted by molar-refractivity contribution is 7.89. The predicted molar refractivity (Wildman–Crippen MR) is 93.4 cm³/mol. The molecule has 0 saturated carbocycles. The molecule has 0 unspecified atom stereocenters. The first-order valence-corrected chi connectivity index (χ1v) is 9.74. The second-order valence-electron chi connectivity index (χ2n) is 5.47. The molecule has 24 heavy (non-hydrogen) atoms. The van der Waals surface area contributed by atoms with Crippen molar-refractivity contribution in [3.05, 3.63) is 63.4 Å². The quantitative estimate of drug-likeness (QED) is 0.705. The van der Waals surface area contributed by atoms with E-state index in [0.29, 0.717) is 11.4 Å². The molecule has 8 heteroatoms. The smallest absolute Gasteiger partial charge is 0.244 e. The van der Waals surface area contributed by atoms with Gasteiger partial charge in [-0.1, -0.05) is 30.3 Å². The molecular formula is C16H18N4O2S2. The molecule has 126 valence electrons. The molecule has 0 aliphatic heterocycles. The summed E-state index contributed by atoms with van der Waals surface area (Å²) in [5, 5.41) is 7.36. The number of sulfonamides is 1. The van der Waals surface area contributed by atoms with Crippen molar-refractivity contribution in [1.29, 1.82) is 0 Å². The Morgan fingerprint density at radius 3 is 2.62 bits per heavy atom. The summed E-state index contributed by atoms with van der Waals surface area (Å²) in [5.74, 6) is 0. The van der Waals surface area contributed by atoms with E-state index in [4.69, 9.17) is 0 Å². The number of aromatic amines is 1.